The van der Waals surface area contributed by atoms with Gasteiger partial charge in [0, 0.05) is 23.4 Å². The lowest BCUT2D eigenvalue weighted by molar-refractivity contribution is 0.0954. The van der Waals surface area contributed by atoms with Crippen molar-refractivity contribution in [2.45, 2.75) is 26.3 Å². The third kappa shape index (κ3) is 4.18. The van der Waals surface area contributed by atoms with Crippen molar-refractivity contribution in [1.29, 1.82) is 0 Å². The Morgan fingerprint density at radius 1 is 1.28 bits per heavy atom. The second kappa shape index (κ2) is 8.33. The first kappa shape index (κ1) is 18.5. The topological polar surface area (TPSA) is 52.8 Å². The smallest absolute Gasteiger partial charge is 0.263 e. The standard InChI is InChI=1S/C20H24N2O3/c1-6-9-15-12-16(13-17(24-4)19(15)25-5)20(23)22-11-8-7-10-18(22)21-14(2)3/h6-8,10-14H,1,9H2,2-5H3. The molecule has 0 aliphatic rings. The highest BCUT2D eigenvalue weighted by atomic mass is 16.5. The van der Waals surface area contributed by atoms with Crippen LogP contribution in [0.25, 0.3) is 0 Å². The molecule has 132 valence electrons. The first-order valence-electron chi connectivity index (χ1n) is 8.13. The van der Waals surface area contributed by atoms with Crippen molar-refractivity contribution < 1.29 is 14.3 Å². The van der Waals surface area contributed by atoms with Crippen LogP contribution in [0, 0.1) is 0 Å². The maximum absolute atomic E-state index is 13.1. The van der Waals surface area contributed by atoms with Crippen LogP contribution in [0.3, 0.4) is 0 Å². The molecular weight excluding hydrogens is 316 g/mol. The first-order chi connectivity index (χ1) is 12.0. The third-order valence-corrected chi connectivity index (χ3v) is 3.61. The van der Waals surface area contributed by atoms with E-state index >= 15 is 0 Å². The van der Waals surface area contributed by atoms with Gasteiger partial charge in [-0.1, -0.05) is 12.1 Å². The number of hydrogen-bond acceptors (Lipinski definition) is 4. The van der Waals surface area contributed by atoms with E-state index in [1.165, 1.54) is 0 Å². The van der Waals surface area contributed by atoms with E-state index in [4.69, 9.17) is 9.47 Å². The highest BCUT2D eigenvalue weighted by molar-refractivity contribution is 5.96. The van der Waals surface area contributed by atoms with Crippen molar-refractivity contribution >= 4 is 5.91 Å². The van der Waals surface area contributed by atoms with Crippen LogP contribution in [0.2, 0.25) is 0 Å². The van der Waals surface area contributed by atoms with Gasteiger partial charge in [-0.3, -0.25) is 14.4 Å². The number of carbonyl (C=O) groups is 1. The first-order valence-corrected chi connectivity index (χ1v) is 8.13. The van der Waals surface area contributed by atoms with Crippen molar-refractivity contribution in [1.82, 2.24) is 4.57 Å². The molecular formula is C20H24N2O3. The zero-order valence-electron chi connectivity index (χ0n) is 15.2. The molecule has 25 heavy (non-hydrogen) atoms. The van der Waals surface area contributed by atoms with Gasteiger partial charge >= 0.3 is 0 Å². The van der Waals surface area contributed by atoms with Gasteiger partial charge in [0.2, 0.25) is 0 Å². The Labute approximate surface area is 148 Å². The predicted molar refractivity (Wildman–Crippen MR) is 98.3 cm³/mol. The molecule has 0 atom stereocenters. The van der Waals surface area contributed by atoms with Crippen molar-refractivity contribution in [2.24, 2.45) is 4.99 Å². The summed E-state index contributed by atoms with van der Waals surface area (Å²) in [6.07, 6.45) is 4.05. The molecule has 1 aromatic heterocycles. The van der Waals surface area contributed by atoms with Gasteiger partial charge in [-0.25, -0.2) is 0 Å². The van der Waals surface area contributed by atoms with Gasteiger partial charge in [0.05, 0.1) is 14.2 Å². The quantitative estimate of drug-likeness (QED) is 0.759. The Morgan fingerprint density at radius 3 is 2.64 bits per heavy atom. The SMILES string of the molecule is C=CCc1cc(C(=O)n2ccccc2=NC(C)C)cc(OC)c1OC. The molecule has 0 bridgehead atoms. The summed E-state index contributed by atoms with van der Waals surface area (Å²) >= 11 is 0. The predicted octanol–water partition coefficient (Wildman–Crippen LogP) is 3.23. The molecule has 2 aromatic rings. The molecule has 2 rings (SSSR count). The summed E-state index contributed by atoms with van der Waals surface area (Å²) < 4.78 is 12.4. The summed E-state index contributed by atoms with van der Waals surface area (Å²) in [7, 11) is 3.14. The van der Waals surface area contributed by atoms with Crippen LogP contribution >= 0.6 is 0 Å². The summed E-state index contributed by atoms with van der Waals surface area (Å²) in [5, 5.41) is 0. The monoisotopic (exact) mass is 340 g/mol. The average molecular weight is 340 g/mol. The summed E-state index contributed by atoms with van der Waals surface area (Å²) in [6, 6.07) is 9.08. The molecule has 0 unspecified atom stereocenters. The minimum Gasteiger partial charge on any atom is -0.493 e. The number of carbonyl (C=O) groups excluding carboxylic acids is 1. The molecule has 0 N–H and O–H groups in total. The number of pyridine rings is 1. The fourth-order valence-electron chi connectivity index (χ4n) is 2.59. The van der Waals surface area contributed by atoms with Crippen molar-refractivity contribution in [2.75, 3.05) is 14.2 Å². The van der Waals surface area contributed by atoms with Crippen LogP contribution in [0.15, 0.2) is 54.2 Å². The molecule has 0 aliphatic heterocycles. The van der Waals surface area contributed by atoms with E-state index in [2.05, 4.69) is 11.6 Å². The van der Waals surface area contributed by atoms with E-state index in [9.17, 15) is 4.79 Å². The average Bonchev–Trinajstić information content (AvgIpc) is 2.60. The van der Waals surface area contributed by atoms with Crippen molar-refractivity contribution in [3.05, 3.63) is 65.8 Å². The van der Waals surface area contributed by atoms with Crippen LogP contribution in [0.4, 0.5) is 0 Å². The fourth-order valence-corrected chi connectivity index (χ4v) is 2.59. The highest BCUT2D eigenvalue weighted by Crippen LogP contribution is 2.33. The van der Waals surface area contributed by atoms with E-state index in [1.54, 1.807) is 37.1 Å². The van der Waals surface area contributed by atoms with E-state index in [0.717, 1.165) is 5.56 Å². The molecule has 0 amide bonds. The van der Waals surface area contributed by atoms with Crippen LogP contribution in [0.5, 0.6) is 11.5 Å². The van der Waals surface area contributed by atoms with Gasteiger partial charge in [-0.05, 0) is 44.5 Å². The summed E-state index contributed by atoms with van der Waals surface area (Å²) in [5.41, 5.74) is 1.97. The van der Waals surface area contributed by atoms with Gasteiger partial charge in [0.15, 0.2) is 11.5 Å². The Kier molecular flexibility index (Phi) is 6.17. The zero-order chi connectivity index (χ0) is 18.4. The minimum absolute atomic E-state index is 0.0863. The number of benzene rings is 1. The lowest BCUT2D eigenvalue weighted by Gasteiger charge is -2.15. The number of hydrogen-bond donors (Lipinski definition) is 0. The molecule has 0 aliphatic carbocycles. The van der Waals surface area contributed by atoms with Crippen LogP contribution < -0.4 is 15.0 Å². The molecule has 5 nitrogen and oxygen atoms in total. The zero-order valence-corrected chi connectivity index (χ0v) is 15.2. The lowest BCUT2D eigenvalue weighted by atomic mass is 10.0. The Bertz CT molecular complexity index is 835. The normalized spacial score (nSPS) is 11.5. The molecule has 0 saturated carbocycles. The molecule has 1 aromatic carbocycles. The molecule has 0 saturated heterocycles. The number of rotatable bonds is 6. The number of nitrogens with zero attached hydrogens (tertiary/aromatic N) is 2. The molecule has 0 spiro atoms. The molecule has 5 heteroatoms. The number of aromatic nitrogens is 1. The third-order valence-electron chi connectivity index (χ3n) is 3.61. The summed E-state index contributed by atoms with van der Waals surface area (Å²) in [4.78, 5) is 17.6. The largest absolute Gasteiger partial charge is 0.493 e. The fraction of sp³-hybridized carbons (Fsp3) is 0.300. The van der Waals surface area contributed by atoms with Gasteiger partial charge in [0.1, 0.15) is 5.49 Å². The van der Waals surface area contributed by atoms with Gasteiger partial charge in [0.25, 0.3) is 5.91 Å². The van der Waals surface area contributed by atoms with Crippen LogP contribution in [-0.4, -0.2) is 30.7 Å². The Morgan fingerprint density at radius 2 is 2.04 bits per heavy atom. The number of methoxy groups -OCH3 is 2. The maximum Gasteiger partial charge on any atom is 0.263 e. The lowest BCUT2D eigenvalue weighted by Crippen LogP contribution is -2.28. The van der Waals surface area contributed by atoms with E-state index in [-0.39, 0.29) is 11.9 Å². The van der Waals surface area contributed by atoms with Gasteiger partial charge in [-0.2, -0.15) is 0 Å². The van der Waals surface area contributed by atoms with Crippen molar-refractivity contribution in [3.63, 3.8) is 0 Å². The van der Waals surface area contributed by atoms with Crippen LogP contribution in [0.1, 0.15) is 29.8 Å². The number of allylic oxidation sites excluding steroid dienone is 1. The second-order valence-corrected chi connectivity index (χ2v) is 5.82. The van der Waals surface area contributed by atoms with Crippen molar-refractivity contribution in [3.8, 4) is 11.5 Å². The van der Waals surface area contributed by atoms with E-state index in [0.29, 0.717) is 29.0 Å². The molecule has 1 heterocycles. The number of ether oxygens (including phenoxy) is 2. The highest BCUT2D eigenvalue weighted by Gasteiger charge is 2.17. The van der Waals surface area contributed by atoms with Gasteiger partial charge in [-0.15, -0.1) is 6.58 Å². The van der Waals surface area contributed by atoms with Crippen LogP contribution in [-0.2, 0) is 6.42 Å². The summed E-state index contributed by atoms with van der Waals surface area (Å²) in [5.74, 6) is 0.958. The second-order valence-electron chi connectivity index (χ2n) is 5.82. The molecule has 0 radical (unpaired) electrons. The minimum atomic E-state index is -0.175. The molecule has 0 fully saturated rings. The van der Waals surface area contributed by atoms with Gasteiger partial charge < -0.3 is 9.47 Å². The maximum atomic E-state index is 13.1. The van der Waals surface area contributed by atoms with E-state index in [1.807, 2.05) is 38.1 Å². The summed E-state index contributed by atoms with van der Waals surface area (Å²) in [6.45, 7) is 7.71. The van der Waals surface area contributed by atoms with E-state index < -0.39 is 0 Å². The Hall–Kier alpha value is -2.82. The Balaban J connectivity index is 2.61.